The number of nitrogens with zero attached hydrogens (tertiary/aromatic N) is 2. The van der Waals surface area contributed by atoms with Gasteiger partial charge in [-0.05, 0) is 37.2 Å². The highest BCUT2D eigenvalue weighted by Crippen LogP contribution is 2.35. The van der Waals surface area contributed by atoms with E-state index in [1.807, 2.05) is 60.7 Å². The molecule has 8 heteroatoms. The second kappa shape index (κ2) is 9.13. The van der Waals surface area contributed by atoms with Crippen molar-refractivity contribution in [2.75, 3.05) is 13.1 Å². The second-order valence-electron chi connectivity index (χ2n) is 8.87. The number of aromatic nitrogens is 1. The smallest absolute Gasteiger partial charge is 0.322 e. The molecule has 34 heavy (non-hydrogen) atoms. The molecule has 2 saturated heterocycles. The van der Waals surface area contributed by atoms with Gasteiger partial charge in [0.25, 0.3) is 11.8 Å². The molecule has 2 N–H and O–H groups in total. The molecule has 2 aliphatic rings. The lowest BCUT2D eigenvalue weighted by Gasteiger charge is -2.40. The van der Waals surface area contributed by atoms with Crippen LogP contribution >= 0.6 is 0 Å². The van der Waals surface area contributed by atoms with Crippen molar-refractivity contribution >= 4 is 17.8 Å². The lowest BCUT2D eigenvalue weighted by atomic mass is 9.74. The van der Waals surface area contributed by atoms with Gasteiger partial charge in [-0.1, -0.05) is 65.8 Å². The van der Waals surface area contributed by atoms with Gasteiger partial charge in [0.2, 0.25) is 5.76 Å². The third kappa shape index (κ3) is 4.19. The summed E-state index contributed by atoms with van der Waals surface area (Å²) in [5.74, 6) is -0.364. The topological polar surface area (TPSA) is 105 Å². The fourth-order valence-electron chi connectivity index (χ4n) is 5.01. The van der Waals surface area contributed by atoms with Crippen LogP contribution in [-0.2, 0) is 11.2 Å². The summed E-state index contributed by atoms with van der Waals surface area (Å²) in [6.45, 7) is 0.947. The molecule has 0 aliphatic carbocycles. The summed E-state index contributed by atoms with van der Waals surface area (Å²) in [7, 11) is 0. The Morgan fingerprint density at radius 3 is 2.35 bits per heavy atom. The van der Waals surface area contributed by atoms with Gasteiger partial charge in [-0.2, -0.15) is 0 Å². The van der Waals surface area contributed by atoms with E-state index in [9.17, 15) is 14.4 Å². The molecular formula is C26H26N4O4. The van der Waals surface area contributed by atoms with Gasteiger partial charge in [0.15, 0.2) is 0 Å². The summed E-state index contributed by atoms with van der Waals surface area (Å²) in [6.07, 6.45) is 2.39. The van der Waals surface area contributed by atoms with Crippen LogP contribution in [0.3, 0.4) is 0 Å². The van der Waals surface area contributed by atoms with Crippen LogP contribution in [0.4, 0.5) is 4.79 Å². The summed E-state index contributed by atoms with van der Waals surface area (Å²) >= 11 is 0. The van der Waals surface area contributed by atoms with Crippen molar-refractivity contribution in [3.05, 3.63) is 78.1 Å². The third-order valence-electron chi connectivity index (χ3n) is 6.89. The maximum Gasteiger partial charge on any atom is 0.322 e. The molecule has 174 valence electrons. The number of aryl methyl sites for hydroxylation is 1. The molecule has 3 heterocycles. The Labute approximate surface area is 197 Å². The molecule has 1 atom stereocenters. The number of hydrogen-bond acceptors (Lipinski definition) is 5. The lowest BCUT2D eigenvalue weighted by Crippen LogP contribution is -2.56. The van der Waals surface area contributed by atoms with Crippen LogP contribution < -0.4 is 10.6 Å². The number of piperidine rings is 1. The zero-order valence-electron chi connectivity index (χ0n) is 18.7. The van der Waals surface area contributed by atoms with Crippen molar-refractivity contribution in [2.24, 2.45) is 5.92 Å². The first-order valence-electron chi connectivity index (χ1n) is 11.5. The standard InChI is InChI=1S/C26H26N4O4/c31-23(22-17-21(29-34-22)19-9-5-2-6-10-19)30-15-12-20(13-16-30)26(24(32)27-25(33)28-26)14-11-18-7-3-1-4-8-18/h1-10,17,20H,11-16H2,(H2,27,28,32,33)/t26-/m0/s1. The van der Waals surface area contributed by atoms with E-state index in [1.54, 1.807) is 11.0 Å². The SMILES string of the molecule is O=C1NC(=O)[C@](CCc2ccccc2)(C2CCN(C(=O)c3cc(-c4ccccc4)no3)CC2)N1. The van der Waals surface area contributed by atoms with Gasteiger partial charge in [-0.15, -0.1) is 0 Å². The molecule has 0 spiro atoms. The molecule has 1 aromatic heterocycles. The number of urea groups is 1. The van der Waals surface area contributed by atoms with Gasteiger partial charge in [0, 0.05) is 24.7 Å². The number of carbonyl (C=O) groups is 3. The quantitative estimate of drug-likeness (QED) is 0.551. The Bertz CT molecular complexity index is 1190. The number of amides is 4. The number of hydrogen-bond donors (Lipinski definition) is 2. The predicted molar refractivity (Wildman–Crippen MR) is 125 cm³/mol. The van der Waals surface area contributed by atoms with E-state index in [4.69, 9.17) is 4.52 Å². The molecule has 2 fully saturated rings. The summed E-state index contributed by atoms with van der Waals surface area (Å²) in [5, 5.41) is 9.39. The fraction of sp³-hybridized carbons (Fsp3) is 0.308. The van der Waals surface area contributed by atoms with E-state index < -0.39 is 11.6 Å². The molecule has 4 amide bonds. The Balaban J connectivity index is 1.26. The summed E-state index contributed by atoms with van der Waals surface area (Å²) in [6, 6.07) is 20.7. The van der Waals surface area contributed by atoms with Crippen LogP contribution in [0.25, 0.3) is 11.3 Å². The monoisotopic (exact) mass is 458 g/mol. The fourth-order valence-corrected chi connectivity index (χ4v) is 5.01. The van der Waals surface area contributed by atoms with Crippen molar-refractivity contribution in [1.82, 2.24) is 20.7 Å². The van der Waals surface area contributed by atoms with Gasteiger partial charge < -0.3 is 14.7 Å². The van der Waals surface area contributed by atoms with Crippen LogP contribution in [0.15, 0.2) is 71.3 Å². The maximum atomic E-state index is 13.0. The van der Waals surface area contributed by atoms with E-state index in [1.165, 1.54) is 0 Å². The average molecular weight is 459 g/mol. The summed E-state index contributed by atoms with van der Waals surface area (Å²) in [5.41, 5.74) is 1.65. The minimum atomic E-state index is -0.964. The first-order valence-corrected chi connectivity index (χ1v) is 11.5. The molecule has 0 saturated carbocycles. The van der Waals surface area contributed by atoms with E-state index in [-0.39, 0.29) is 23.5 Å². The van der Waals surface area contributed by atoms with Crippen LogP contribution in [-0.4, -0.2) is 46.5 Å². The zero-order chi connectivity index (χ0) is 23.5. The molecular weight excluding hydrogens is 432 g/mol. The molecule has 2 aliphatic heterocycles. The second-order valence-corrected chi connectivity index (χ2v) is 8.87. The van der Waals surface area contributed by atoms with Crippen molar-refractivity contribution in [2.45, 2.75) is 31.2 Å². The largest absolute Gasteiger partial charge is 0.350 e. The van der Waals surface area contributed by atoms with Crippen LogP contribution in [0.5, 0.6) is 0 Å². The summed E-state index contributed by atoms with van der Waals surface area (Å²) < 4.78 is 5.34. The predicted octanol–water partition coefficient (Wildman–Crippen LogP) is 3.40. The van der Waals surface area contributed by atoms with E-state index in [0.717, 1.165) is 11.1 Å². The Morgan fingerprint density at radius 2 is 1.71 bits per heavy atom. The molecule has 5 rings (SSSR count). The average Bonchev–Trinajstić information content (AvgIpc) is 3.48. The van der Waals surface area contributed by atoms with Gasteiger partial charge >= 0.3 is 6.03 Å². The van der Waals surface area contributed by atoms with Gasteiger partial charge in [-0.25, -0.2) is 4.79 Å². The third-order valence-corrected chi connectivity index (χ3v) is 6.89. The Hall–Kier alpha value is -3.94. The zero-order valence-corrected chi connectivity index (χ0v) is 18.7. The van der Waals surface area contributed by atoms with Crippen molar-refractivity contribution < 1.29 is 18.9 Å². The first-order chi connectivity index (χ1) is 16.5. The van der Waals surface area contributed by atoms with Crippen molar-refractivity contribution in [1.29, 1.82) is 0 Å². The molecule has 2 aromatic carbocycles. The number of carbonyl (C=O) groups excluding carboxylic acids is 3. The minimum Gasteiger partial charge on any atom is -0.350 e. The van der Waals surface area contributed by atoms with E-state index in [2.05, 4.69) is 15.8 Å². The molecule has 3 aromatic rings. The highest BCUT2D eigenvalue weighted by atomic mass is 16.5. The molecule has 8 nitrogen and oxygen atoms in total. The maximum absolute atomic E-state index is 13.0. The Kier molecular flexibility index (Phi) is 5.88. The molecule has 0 unspecified atom stereocenters. The highest BCUT2D eigenvalue weighted by molar-refractivity contribution is 6.07. The van der Waals surface area contributed by atoms with Crippen LogP contribution in [0.2, 0.25) is 0 Å². The number of imide groups is 1. The highest BCUT2D eigenvalue weighted by Gasteiger charge is 2.52. The van der Waals surface area contributed by atoms with Gasteiger partial charge in [0.1, 0.15) is 11.2 Å². The number of benzene rings is 2. The van der Waals surface area contributed by atoms with Crippen LogP contribution in [0, 0.1) is 5.92 Å². The number of likely N-dealkylation sites (tertiary alicyclic amines) is 1. The first kappa shape index (κ1) is 21.9. The van der Waals surface area contributed by atoms with E-state index in [0.29, 0.717) is 44.5 Å². The summed E-state index contributed by atoms with van der Waals surface area (Å²) in [4.78, 5) is 39.7. The Morgan fingerprint density at radius 1 is 1.03 bits per heavy atom. The van der Waals surface area contributed by atoms with Crippen molar-refractivity contribution in [3.63, 3.8) is 0 Å². The minimum absolute atomic E-state index is 0.0682. The van der Waals surface area contributed by atoms with E-state index >= 15 is 0 Å². The van der Waals surface area contributed by atoms with Gasteiger partial charge in [0.05, 0.1) is 0 Å². The van der Waals surface area contributed by atoms with Crippen molar-refractivity contribution in [3.8, 4) is 11.3 Å². The van der Waals surface area contributed by atoms with Crippen LogP contribution in [0.1, 0.15) is 35.4 Å². The molecule has 0 radical (unpaired) electrons. The van der Waals surface area contributed by atoms with Gasteiger partial charge in [-0.3, -0.25) is 14.9 Å². The number of rotatable bonds is 6. The lowest BCUT2D eigenvalue weighted by molar-refractivity contribution is -0.126. The molecule has 0 bridgehead atoms. The normalized spacial score (nSPS) is 20.8. The number of nitrogens with one attached hydrogen (secondary N) is 2.